The number of hydrogen-bond donors (Lipinski definition) is 0. The van der Waals surface area contributed by atoms with Gasteiger partial charge in [0, 0.05) is 0 Å². The molecule has 0 aromatic carbocycles. The first kappa shape index (κ1) is 5.65. The molecule has 0 heterocycles. The van der Waals surface area contributed by atoms with E-state index in [4.69, 9.17) is 11.6 Å². The first-order valence-corrected chi connectivity index (χ1v) is 1.97. The van der Waals surface area contributed by atoms with Crippen LogP contribution in [0, 0.1) is 12.0 Å². The second kappa shape index (κ2) is 2.87. The summed E-state index contributed by atoms with van der Waals surface area (Å²) in [6, 6.07) is 0. The van der Waals surface area contributed by atoms with Gasteiger partial charge in [-0.2, -0.15) is 0 Å². The van der Waals surface area contributed by atoms with Crippen molar-refractivity contribution < 1.29 is 5.11 Å². The molecule has 0 aliphatic carbocycles. The van der Waals surface area contributed by atoms with E-state index in [2.05, 4.69) is 5.92 Å². The van der Waals surface area contributed by atoms with Crippen LogP contribution in [0.25, 0.3) is 0 Å². The summed E-state index contributed by atoms with van der Waals surface area (Å²) in [6.45, 7) is 1.65. The maximum atomic E-state index is 9.29. The van der Waals surface area contributed by atoms with Gasteiger partial charge in [0.05, 0.1) is 5.38 Å². The number of halogens is 1. The Balaban J connectivity index is 3.20. The van der Waals surface area contributed by atoms with Crippen molar-refractivity contribution in [1.82, 2.24) is 0 Å². The Morgan fingerprint density at radius 3 is 2.33 bits per heavy atom. The molecular formula is C4H4ClO. The lowest BCUT2D eigenvalue weighted by molar-refractivity contribution is 0.391. The van der Waals surface area contributed by atoms with Crippen LogP contribution in [0.3, 0.4) is 0 Å². The van der Waals surface area contributed by atoms with Gasteiger partial charge in [-0.3, -0.25) is 0 Å². The molecule has 1 unspecified atom stereocenters. The van der Waals surface area contributed by atoms with Crippen molar-refractivity contribution in [2.24, 2.45) is 0 Å². The van der Waals surface area contributed by atoms with Crippen molar-refractivity contribution in [3.63, 3.8) is 0 Å². The molecule has 0 bridgehead atoms. The second-order valence-corrected chi connectivity index (χ2v) is 1.52. The molecule has 0 saturated carbocycles. The van der Waals surface area contributed by atoms with E-state index < -0.39 is 0 Å². The molecule has 0 rings (SSSR count). The zero-order valence-electron chi connectivity index (χ0n) is 3.36. The molecule has 0 aromatic heterocycles. The van der Waals surface area contributed by atoms with Crippen LogP contribution in [-0.2, 0) is 5.11 Å². The van der Waals surface area contributed by atoms with Crippen molar-refractivity contribution in [2.45, 2.75) is 12.3 Å². The third kappa shape index (κ3) is 3.65. The summed E-state index contributed by atoms with van der Waals surface area (Å²) in [4.78, 5) is 0. The Morgan fingerprint density at radius 1 is 1.83 bits per heavy atom. The highest BCUT2D eigenvalue weighted by molar-refractivity contribution is 6.22. The topological polar surface area (TPSA) is 19.9 Å². The molecule has 0 fully saturated rings. The van der Waals surface area contributed by atoms with Gasteiger partial charge in [-0.05, 0) is 12.8 Å². The molecule has 6 heavy (non-hydrogen) atoms. The Bertz CT molecular complexity index is 77.3. The van der Waals surface area contributed by atoms with Gasteiger partial charge in [0.2, 0.25) is 0 Å². The Kier molecular flexibility index (Phi) is 2.70. The minimum absolute atomic E-state index is 0.303. The van der Waals surface area contributed by atoms with Crippen molar-refractivity contribution in [1.29, 1.82) is 0 Å². The number of hydrogen-bond acceptors (Lipinski definition) is 0. The summed E-state index contributed by atoms with van der Waals surface area (Å²) < 4.78 is 0. The molecule has 1 nitrogen and oxygen atoms in total. The van der Waals surface area contributed by atoms with E-state index in [1.807, 2.05) is 0 Å². The minimum atomic E-state index is -0.303. The van der Waals surface area contributed by atoms with Gasteiger partial charge in [-0.15, -0.1) is 11.6 Å². The average Bonchev–Trinajstić information content (AvgIpc) is 1.35. The predicted molar refractivity (Wildman–Crippen MR) is 23.8 cm³/mol. The molecule has 1 radical (unpaired) electrons. The summed E-state index contributed by atoms with van der Waals surface area (Å²) in [6.07, 6.45) is 1.44. The van der Waals surface area contributed by atoms with Crippen LogP contribution < -0.4 is 0 Å². The highest BCUT2D eigenvalue weighted by Gasteiger charge is 1.81. The lowest BCUT2D eigenvalue weighted by Crippen LogP contribution is -1.79. The first-order chi connectivity index (χ1) is 2.77. The fourth-order valence-electron chi connectivity index (χ4n) is 0.0812. The van der Waals surface area contributed by atoms with Gasteiger partial charge in [0.1, 0.15) is 0 Å². The van der Waals surface area contributed by atoms with E-state index in [1.54, 1.807) is 6.92 Å². The smallest absolute Gasteiger partial charge is 0.173 e. The van der Waals surface area contributed by atoms with E-state index in [9.17, 15) is 5.11 Å². The molecule has 0 aliphatic heterocycles. The normalized spacial score (nSPS) is 11.7. The van der Waals surface area contributed by atoms with Crippen molar-refractivity contribution in [3.05, 3.63) is 0 Å². The van der Waals surface area contributed by atoms with Crippen LogP contribution >= 0.6 is 11.6 Å². The predicted octanol–water partition coefficient (Wildman–Crippen LogP) is 1.01. The fourth-order valence-corrected chi connectivity index (χ4v) is 0.126. The zero-order chi connectivity index (χ0) is 4.99. The van der Waals surface area contributed by atoms with Crippen LogP contribution in [0.2, 0.25) is 0 Å². The van der Waals surface area contributed by atoms with E-state index in [0.29, 0.717) is 0 Å². The minimum Gasteiger partial charge on any atom is -0.224 e. The quantitative estimate of drug-likeness (QED) is 0.322. The molecule has 2 heteroatoms. The van der Waals surface area contributed by atoms with E-state index in [-0.39, 0.29) is 5.38 Å². The van der Waals surface area contributed by atoms with Crippen LogP contribution in [-0.4, -0.2) is 5.38 Å². The highest BCUT2D eigenvalue weighted by atomic mass is 35.5. The van der Waals surface area contributed by atoms with Crippen LogP contribution in [0.5, 0.6) is 0 Å². The summed E-state index contributed by atoms with van der Waals surface area (Å²) >= 11 is 5.20. The standard InChI is InChI=1S/C4H4ClO/c1-4(5)2-3-6/h4H,1H3. The van der Waals surface area contributed by atoms with Gasteiger partial charge in [0.15, 0.2) is 6.11 Å². The average molecular weight is 104 g/mol. The second-order valence-electron chi connectivity index (χ2n) is 0.862. The third-order valence-electron chi connectivity index (χ3n) is 0.258. The Labute approximate surface area is 41.9 Å². The lowest BCUT2D eigenvalue weighted by Gasteiger charge is -1.76. The maximum absolute atomic E-state index is 9.29. The monoisotopic (exact) mass is 103 g/mol. The zero-order valence-corrected chi connectivity index (χ0v) is 4.12. The van der Waals surface area contributed by atoms with Gasteiger partial charge in [-0.25, -0.2) is 5.11 Å². The maximum Gasteiger partial charge on any atom is 0.173 e. The summed E-state index contributed by atoms with van der Waals surface area (Å²) in [5.74, 6) is 2.17. The van der Waals surface area contributed by atoms with Crippen LogP contribution in [0.15, 0.2) is 0 Å². The third-order valence-corrected chi connectivity index (χ3v) is 0.367. The summed E-state index contributed by atoms with van der Waals surface area (Å²) in [5, 5.41) is 8.99. The van der Waals surface area contributed by atoms with Crippen LogP contribution in [0.4, 0.5) is 0 Å². The summed E-state index contributed by atoms with van der Waals surface area (Å²) in [5.41, 5.74) is 0. The highest BCUT2D eigenvalue weighted by Crippen LogP contribution is 1.86. The van der Waals surface area contributed by atoms with E-state index in [1.165, 1.54) is 6.11 Å². The molecule has 0 amide bonds. The first-order valence-electron chi connectivity index (χ1n) is 1.54. The van der Waals surface area contributed by atoms with E-state index in [0.717, 1.165) is 0 Å². The number of alkyl halides is 1. The number of rotatable bonds is 0. The van der Waals surface area contributed by atoms with Crippen molar-refractivity contribution in [2.75, 3.05) is 0 Å². The van der Waals surface area contributed by atoms with Gasteiger partial charge in [-0.1, -0.05) is 0 Å². The van der Waals surface area contributed by atoms with Gasteiger partial charge < -0.3 is 0 Å². The summed E-state index contributed by atoms with van der Waals surface area (Å²) in [7, 11) is 0. The molecule has 0 saturated heterocycles. The molecule has 0 aromatic rings. The molecule has 33 valence electrons. The SMILES string of the molecule is CC(Cl)C#C[O]. The van der Waals surface area contributed by atoms with Crippen LogP contribution in [0.1, 0.15) is 6.92 Å². The molecule has 0 spiro atoms. The van der Waals surface area contributed by atoms with Gasteiger partial charge in [0.25, 0.3) is 0 Å². The van der Waals surface area contributed by atoms with E-state index >= 15 is 0 Å². The Morgan fingerprint density at radius 2 is 2.33 bits per heavy atom. The fraction of sp³-hybridized carbons (Fsp3) is 0.500. The molecule has 1 atom stereocenters. The molecular weight excluding hydrogens is 99.5 g/mol. The lowest BCUT2D eigenvalue weighted by atomic mass is 10.5. The Hall–Kier alpha value is -0.350. The molecule has 0 aliphatic rings. The molecule has 0 N–H and O–H groups in total. The largest absolute Gasteiger partial charge is 0.224 e. The van der Waals surface area contributed by atoms with Gasteiger partial charge >= 0.3 is 0 Å². The van der Waals surface area contributed by atoms with Crippen molar-refractivity contribution >= 4 is 11.6 Å². The van der Waals surface area contributed by atoms with Crippen molar-refractivity contribution in [3.8, 4) is 12.0 Å².